The van der Waals surface area contributed by atoms with E-state index in [0.29, 0.717) is 6.42 Å². The van der Waals surface area contributed by atoms with E-state index in [2.05, 4.69) is 14.5 Å². The first-order valence-electron chi connectivity index (χ1n) is 3.46. The van der Waals surface area contributed by atoms with Crippen LogP contribution in [0.1, 0.15) is 19.3 Å². The predicted molar refractivity (Wildman–Crippen MR) is 45.8 cm³/mol. The molecule has 0 aliphatic heterocycles. The lowest BCUT2D eigenvalue weighted by Crippen LogP contribution is -2.24. The zero-order valence-electron chi connectivity index (χ0n) is 6.49. The van der Waals surface area contributed by atoms with Gasteiger partial charge < -0.3 is 10.2 Å². The molecule has 0 aromatic carbocycles. The van der Waals surface area contributed by atoms with Gasteiger partial charge in [0.15, 0.2) is 0 Å². The van der Waals surface area contributed by atoms with Crippen LogP contribution in [0.25, 0.3) is 0 Å². The van der Waals surface area contributed by atoms with E-state index in [1.54, 1.807) is 0 Å². The molecule has 0 aliphatic rings. The molecule has 70 valence electrons. The predicted octanol–water partition coefficient (Wildman–Crippen LogP) is 0.0742. The van der Waals surface area contributed by atoms with Crippen LogP contribution in [-0.2, 0) is 9.59 Å². The molecule has 0 saturated heterocycles. The second-order valence-electron chi connectivity index (χ2n) is 2.39. The highest BCUT2D eigenvalue weighted by molar-refractivity contribution is 7.13. The van der Waals surface area contributed by atoms with Crippen LogP contribution in [0.4, 0.5) is 0 Å². The first-order chi connectivity index (χ1) is 5.56. The minimum Gasteiger partial charge on any atom is -0.481 e. The van der Waals surface area contributed by atoms with Crippen LogP contribution >= 0.6 is 9.39 Å². The third-order valence-electron chi connectivity index (χ3n) is 1.36. The standard InChI is InChI=1S/C6H12NO4P/c8-5(9)2-1-4(7-12)3-6(10)11/h4,7H,1-3,12H2,(H,8,9)(H,10,11). The summed E-state index contributed by atoms with van der Waals surface area (Å²) in [7, 11) is 2.18. The summed E-state index contributed by atoms with van der Waals surface area (Å²) < 4.78 is 0. The zero-order chi connectivity index (χ0) is 9.56. The first kappa shape index (κ1) is 11.3. The lowest BCUT2D eigenvalue weighted by molar-refractivity contribution is -0.139. The second kappa shape index (κ2) is 5.91. The number of carbonyl (C=O) groups is 2. The summed E-state index contributed by atoms with van der Waals surface area (Å²) in [5, 5.41) is 19.4. The van der Waals surface area contributed by atoms with Crippen LogP contribution in [0, 0.1) is 0 Å². The molecule has 0 amide bonds. The van der Waals surface area contributed by atoms with Gasteiger partial charge in [-0.3, -0.25) is 14.7 Å². The molecule has 0 heterocycles. The highest BCUT2D eigenvalue weighted by atomic mass is 31.0. The van der Waals surface area contributed by atoms with Crippen LogP contribution < -0.4 is 5.09 Å². The van der Waals surface area contributed by atoms with E-state index >= 15 is 0 Å². The first-order valence-corrected chi connectivity index (χ1v) is 4.03. The van der Waals surface area contributed by atoms with Crippen LogP contribution in [0.5, 0.6) is 0 Å². The van der Waals surface area contributed by atoms with Crippen LogP contribution in [-0.4, -0.2) is 28.2 Å². The molecule has 0 fully saturated rings. The summed E-state index contributed by atoms with van der Waals surface area (Å²) in [6, 6.07) is -0.288. The Bertz CT molecular complexity index is 173. The molecule has 3 N–H and O–H groups in total. The Morgan fingerprint density at radius 3 is 2.25 bits per heavy atom. The molecule has 0 rings (SSSR count). The number of aliphatic carboxylic acids is 2. The average Bonchev–Trinajstić information content (AvgIpc) is 1.97. The number of nitrogens with one attached hydrogen (secondary N) is 1. The van der Waals surface area contributed by atoms with Crippen molar-refractivity contribution in [3.63, 3.8) is 0 Å². The van der Waals surface area contributed by atoms with Gasteiger partial charge in [0.2, 0.25) is 0 Å². The Morgan fingerprint density at radius 2 is 1.92 bits per heavy atom. The van der Waals surface area contributed by atoms with E-state index in [1.807, 2.05) is 0 Å². The fourth-order valence-electron chi connectivity index (χ4n) is 0.753. The van der Waals surface area contributed by atoms with Crippen molar-refractivity contribution >= 4 is 21.3 Å². The fraction of sp³-hybridized carbons (Fsp3) is 0.667. The van der Waals surface area contributed by atoms with Crippen LogP contribution in [0.3, 0.4) is 0 Å². The third kappa shape index (κ3) is 6.07. The van der Waals surface area contributed by atoms with Crippen molar-refractivity contribution in [2.75, 3.05) is 0 Å². The van der Waals surface area contributed by atoms with Crippen molar-refractivity contribution in [1.82, 2.24) is 5.09 Å². The Labute approximate surface area is 72.4 Å². The molecule has 0 aromatic heterocycles. The fourth-order valence-corrected chi connectivity index (χ4v) is 1.04. The van der Waals surface area contributed by atoms with E-state index in [4.69, 9.17) is 10.2 Å². The van der Waals surface area contributed by atoms with Gasteiger partial charge in [-0.25, -0.2) is 0 Å². The van der Waals surface area contributed by atoms with Gasteiger partial charge in [0.1, 0.15) is 0 Å². The van der Waals surface area contributed by atoms with Crippen molar-refractivity contribution in [3.8, 4) is 0 Å². The molecular formula is C6H12NO4P. The Balaban J connectivity index is 3.67. The molecule has 0 bridgehead atoms. The van der Waals surface area contributed by atoms with E-state index < -0.39 is 11.9 Å². The molecule has 2 atom stereocenters. The van der Waals surface area contributed by atoms with Crippen molar-refractivity contribution in [2.24, 2.45) is 0 Å². The molecule has 2 unspecified atom stereocenters. The molecule has 0 saturated carbocycles. The van der Waals surface area contributed by atoms with Gasteiger partial charge in [-0.1, -0.05) is 9.39 Å². The molecule has 5 nitrogen and oxygen atoms in total. The molecule has 0 aromatic rings. The summed E-state index contributed by atoms with van der Waals surface area (Å²) >= 11 is 0. The summed E-state index contributed by atoms with van der Waals surface area (Å²) in [6.45, 7) is 0. The highest BCUT2D eigenvalue weighted by Crippen LogP contribution is 2.03. The third-order valence-corrected chi connectivity index (χ3v) is 1.83. The van der Waals surface area contributed by atoms with Crippen LogP contribution in [0.2, 0.25) is 0 Å². The van der Waals surface area contributed by atoms with Gasteiger partial charge in [-0.05, 0) is 6.42 Å². The van der Waals surface area contributed by atoms with Gasteiger partial charge in [-0.2, -0.15) is 0 Å². The maximum atomic E-state index is 10.2. The Kier molecular flexibility index (Phi) is 5.58. The lowest BCUT2D eigenvalue weighted by atomic mass is 10.1. The SMILES string of the molecule is O=C(O)CCC(CC(=O)O)NP. The maximum absolute atomic E-state index is 10.2. The van der Waals surface area contributed by atoms with Gasteiger partial charge >= 0.3 is 11.9 Å². The van der Waals surface area contributed by atoms with Gasteiger partial charge in [0.05, 0.1) is 6.42 Å². The topological polar surface area (TPSA) is 86.6 Å². The minimum atomic E-state index is -0.930. The van der Waals surface area contributed by atoms with Crippen molar-refractivity contribution in [1.29, 1.82) is 0 Å². The average molecular weight is 193 g/mol. The highest BCUT2D eigenvalue weighted by Gasteiger charge is 2.12. The normalized spacial score (nSPS) is 12.4. The maximum Gasteiger partial charge on any atom is 0.304 e. The number of carboxylic acid groups (broad SMARTS) is 2. The number of carboxylic acids is 2. The van der Waals surface area contributed by atoms with E-state index in [9.17, 15) is 9.59 Å². The van der Waals surface area contributed by atoms with Crippen molar-refractivity contribution < 1.29 is 19.8 Å². The van der Waals surface area contributed by atoms with Crippen molar-refractivity contribution in [3.05, 3.63) is 0 Å². The monoisotopic (exact) mass is 193 g/mol. The van der Waals surface area contributed by atoms with Gasteiger partial charge in [-0.15, -0.1) is 0 Å². The molecule has 0 spiro atoms. The number of hydrogen-bond donors (Lipinski definition) is 3. The molecule has 12 heavy (non-hydrogen) atoms. The van der Waals surface area contributed by atoms with E-state index in [1.165, 1.54) is 0 Å². The second-order valence-corrected chi connectivity index (χ2v) is 2.73. The van der Waals surface area contributed by atoms with Crippen molar-refractivity contribution in [2.45, 2.75) is 25.3 Å². The molecular weight excluding hydrogens is 181 g/mol. The van der Waals surface area contributed by atoms with E-state index in [0.717, 1.165) is 0 Å². The van der Waals surface area contributed by atoms with Gasteiger partial charge in [0, 0.05) is 12.5 Å². The number of hydrogen-bond acceptors (Lipinski definition) is 3. The Morgan fingerprint density at radius 1 is 1.33 bits per heavy atom. The largest absolute Gasteiger partial charge is 0.481 e. The summed E-state index contributed by atoms with van der Waals surface area (Å²) in [4.78, 5) is 20.3. The smallest absolute Gasteiger partial charge is 0.304 e. The summed E-state index contributed by atoms with van der Waals surface area (Å²) in [6.07, 6.45) is 0.251. The van der Waals surface area contributed by atoms with Crippen LogP contribution in [0.15, 0.2) is 0 Å². The summed E-state index contributed by atoms with van der Waals surface area (Å²) in [5.74, 6) is -1.84. The van der Waals surface area contributed by atoms with Gasteiger partial charge in [0.25, 0.3) is 0 Å². The molecule has 0 radical (unpaired) electrons. The number of rotatable bonds is 6. The Hall–Kier alpha value is -0.670. The lowest BCUT2D eigenvalue weighted by Gasteiger charge is -2.11. The zero-order valence-corrected chi connectivity index (χ0v) is 7.64. The minimum absolute atomic E-state index is 0.0145. The quantitative estimate of drug-likeness (QED) is 0.520. The van der Waals surface area contributed by atoms with E-state index in [-0.39, 0.29) is 18.9 Å². The molecule has 6 heteroatoms. The summed E-state index contributed by atoms with van der Waals surface area (Å²) in [5.41, 5.74) is 0. The molecule has 0 aliphatic carbocycles.